The molecule has 1 aromatic rings. The maximum Gasteiger partial charge on any atom is 0.325 e. The van der Waals surface area contributed by atoms with E-state index < -0.39 is 23.6 Å². The fourth-order valence-electron chi connectivity index (χ4n) is 3.40. The molecule has 3 rings (SSSR count). The molecule has 2 aliphatic rings. The van der Waals surface area contributed by atoms with E-state index in [1.807, 2.05) is 0 Å². The van der Waals surface area contributed by atoms with Gasteiger partial charge in [0, 0.05) is 6.54 Å². The van der Waals surface area contributed by atoms with Crippen LogP contribution in [0.3, 0.4) is 0 Å². The van der Waals surface area contributed by atoms with Crippen LogP contribution in [0.15, 0.2) is 22.8 Å². The molecule has 0 saturated carbocycles. The molecule has 7 heteroatoms. The Morgan fingerprint density at radius 3 is 2.71 bits per heavy atom. The molecule has 2 atom stereocenters. The van der Waals surface area contributed by atoms with Gasteiger partial charge in [-0.15, -0.1) is 0 Å². The molecule has 24 heavy (non-hydrogen) atoms. The van der Waals surface area contributed by atoms with Gasteiger partial charge >= 0.3 is 6.03 Å². The molecule has 3 amide bonds. The summed E-state index contributed by atoms with van der Waals surface area (Å²) in [5.41, 5.74) is -1.21. The van der Waals surface area contributed by atoms with Crippen LogP contribution in [0.2, 0.25) is 0 Å². The fourth-order valence-corrected chi connectivity index (χ4v) is 3.40. The number of aliphatic hydroxyl groups excluding tert-OH is 1. The number of piperidine rings is 1. The number of imide groups is 1. The number of urea groups is 1. The summed E-state index contributed by atoms with van der Waals surface area (Å²) in [7, 11) is 0. The first-order valence-electron chi connectivity index (χ1n) is 8.48. The monoisotopic (exact) mass is 335 g/mol. The predicted octanol–water partition coefficient (Wildman–Crippen LogP) is 1.14. The summed E-state index contributed by atoms with van der Waals surface area (Å²) in [6.07, 6.45) is 2.94. The smallest absolute Gasteiger partial charge is 0.325 e. The molecule has 0 unspecified atom stereocenters. The second-order valence-electron chi connectivity index (χ2n) is 7.09. The molecule has 3 heterocycles. The minimum Gasteiger partial charge on any atom is -0.466 e. The zero-order valence-corrected chi connectivity index (χ0v) is 14.2. The SMILES string of the molecule is CC1CCN(C[C@@H](O)CN2C(=O)N[C@](C)(c3ccco3)C2=O)CC1. The molecule has 2 saturated heterocycles. The Morgan fingerprint density at radius 2 is 2.08 bits per heavy atom. The number of β-amino-alcohol motifs (C(OH)–C–C–N with tert-alkyl or cyclic N) is 1. The number of hydrogen-bond acceptors (Lipinski definition) is 5. The third-order valence-electron chi connectivity index (χ3n) is 5.03. The van der Waals surface area contributed by atoms with Crippen molar-refractivity contribution in [3.8, 4) is 0 Å². The van der Waals surface area contributed by atoms with Gasteiger partial charge < -0.3 is 19.7 Å². The zero-order chi connectivity index (χ0) is 17.3. The van der Waals surface area contributed by atoms with Crippen LogP contribution < -0.4 is 5.32 Å². The minimum absolute atomic E-state index is 0.00693. The van der Waals surface area contributed by atoms with Crippen molar-refractivity contribution in [1.29, 1.82) is 0 Å². The molecule has 132 valence electrons. The van der Waals surface area contributed by atoms with Crippen molar-refractivity contribution in [2.24, 2.45) is 5.92 Å². The van der Waals surface area contributed by atoms with Crippen LogP contribution in [-0.4, -0.2) is 59.1 Å². The summed E-state index contributed by atoms with van der Waals surface area (Å²) in [4.78, 5) is 28.1. The average Bonchev–Trinajstić information content (AvgIpc) is 3.14. The van der Waals surface area contributed by atoms with E-state index in [-0.39, 0.29) is 6.54 Å². The maximum absolute atomic E-state index is 12.7. The van der Waals surface area contributed by atoms with Crippen LogP contribution >= 0.6 is 0 Å². The van der Waals surface area contributed by atoms with Gasteiger partial charge in [-0.2, -0.15) is 0 Å². The Kier molecular flexibility index (Phi) is 4.64. The number of carbonyl (C=O) groups excluding carboxylic acids is 2. The van der Waals surface area contributed by atoms with Crippen molar-refractivity contribution in [3.05, 3.63) is 24.2 Å². The molecule has 7 nitrogen and oxygen atoms in total. The molecule has 0 spiro atoms. The lowest BCUT2D eigenvalue weighted by Crippen LogP contribution is -2.45. The second-order valence-corrected chi connectivity index (χ2v) is 7.09. The lowest BCUT2D eigenvalue weighted by molar-refractivity contribution is -0.132. The third-order valence-corrected chi connectivity index (χ3v) is 5.03. The summed E-state index contributed by atoms with van der Waals surface area (Å²) in [6, 6.07) is 2.84. The standard InChI is InChI=1S/C17H25N3O4/c1-12-5-7-19(8-6-12)10-13(21)11-20-15(22)17(2,18-16(20)23)14-4-3-9-24-14/h3-4,9,12-13,21H,5-8,10-11H2,1-2H3,(H,18,23)/t13-,17-/m1/s1. The van der Waals surface area contributed by atoms with Gasteiger partial charge in [-0.05, 0) is 50.9 Å². The van der Waals surface area contributed by atoms with E-state index in [4.69, 9.17) is 4.42 Å². The maximum atomic E-state index is 12.7. The van der Waals surface area contributed by atoms with Crippen LogP contribution in [0.25, 0.3) is 0 Å². The van der Waals surface area contributed by atoms with Crippen molar-refractivity contribution in [2.45, 2.75) is 38.3 Å². The lowest BCUT2D eigenvalue weighted by Gasteiger charge is -2.32. The van der Waals surface area contributed by atoms with E-state index >= 15 is 0 Å². The van der Waals surface area contributed by atoms with E-state index in [0.29, 0.717) is 12.3 Å². The molecule has 2 N–H and O–H groups in total. The number of carbonyl (C=O) groups is 2. The van der Waals surface area contributed by atoms with Crippen molar-refractivity contribution in [3.63, 3.8) is 0 Å². The summed E-state index contributed by atoms with van der Waals surface area (Å²) in [5, 5.41) is 13.0. The van der Waals surface area contributed by atoms with Crippen LogP contribution in [0.5, 0.6) is 0 Å². The number of aliphatic hydroxyl groups is 1. The van der Waals surface area contributed by atoms with E-state index in [1.54, 1.807) is 19.1 Å². The van der Waals surface area contributed by atoms with Crippen LogP contribution in [0.1, 0.15) is 32.4 Å². The molecular weight excluding hydrogens is 310 g/mol. The highest BCUT2D eigenvalue weighted by Crippen LogP contribution is 2.29. The van der Waals surface area contributed by atoms with Crippen LogP contribution in [0.4, 0.5) is 4.79 Å². The molecule has 0 aromatic carbocycles. The first-order valence-corrected chi connectivity index (χ1v) is 8.48. The van der Waals surface area contributed by atoms with Gasteiger partial charge in [0.2, 0.25) is 0 Å². The molecule has 0 aliphatic carbocycles. The molecule has 2 aliphatic heterocycles. The van der Waals surface area contributed by atoms with Gasteiger partial charge in [0.25, 0.3) is 5.91 Å². The average molecular weight is 335 g/mol. The summed E-state index contributed by atoms with van der Waals surface area (Å²) in [6.45, 7) is 6.21. The van der Waals surface area contributed by atoms with Gasteiger partial charge in [-0.25, -0.2) is 4.79 Å². The third kappa shape index (κ3) is 3.18. The normalized spacial score (nSPS) is 27.5. The highest BCUT2D eigenvalue weighted by molar-refractivity contribution is 6.06. The van der Waals surface area contributed by atoms with Crippen molar-refractivity contribution < 1.29 is 19.1 Å². The number of rotatable bonds is 5. The van der Waals surface area contributed by atoms with E-state index in [1.165, 1.54) is 6.26 Å². The van der Waals surface area contributed by atoms with Gasteiger partial charge in [0.1, 0.15) is 5.76 Å². The first kappa shape index (κ1) is 17.0. The molecule has 2 fully saturated rings. The molecule has 0 bridgehead atoms. The number of amides is 3. The predicted molar refractivity (Wildman–Crippen MR) is 87.1 cm³/mol. The largest absolute Gasteiger partial charge is 0.466 e. The van der Waals surface area contributed by atoms with Gasteiger partial charge in [-0.1, -0.05) is 6.92 Å². The fraction of sp³-hybridized carbons (Fsp3) is 0.647. The minimum atomic E-state index is -1.21. The van der Waals surface area contributed by atoms with Crippen molar-refractivity contribution in [2.75, 3.05) is 26.2 Å². The number of nitrogens with zero attached hydrogens (tertiary/aromatic N) is 2. The number of likely N-dealkylation sites (tertiary alicyclic amines) is 1. The Morgan fingerprint density at radius 1 is 1.38 bits per heavy atom. The molecular formula is C17H25N3O4. The summed E-state index contributed by atoms with van der Waals surface area (Å²) >= 11 is 0. The van der Waals surface area contributed by atoms with E-state index in [0.717, 1.165) is 36.7 Å². The first-order chi connectivity index (χ1) is 11.4. The molecule has 1 aromatic heterocycles. The number of furan rings is 1. The van der Waals surface area contributed by atoms with Crippen LogP contribution in [-0.2, 0) is 10.3 Å². The van der Waals surface area contributed by atoms with Gasteiger partial charge in [-0.3, -0.25) is 9.69 Å². The van der Waals surface area contributed by atoms with Gasteiger partial charge in [0.15, 0.2) is 5.54 Å². The van der Waals surface area contributed by atoms with E-state index in [9.17, 15) is 14.7 Å². The summed E-state index contributed by atoms with van der Waals surface area (Å²) < 4.78 is 5.29. The van der Waals surface area contributed by atoms with E-state index in [2.05, 4.69) is 17.1 Å². The Bertz CT molecular complexity index is 595. The highest BCUT2D eigenvalue weighted by Gasteiger charge is 2.51. The van der Waals surface area contributed by atoms with Crippen molar-refractivity contribution >= 4 is 11.9 Å². The number of hydrogen-bond donors (Lipinski definition) is 2. The Hall–Kier alpha value is -1.86. The topological polar surface area (TPSA) is 86.0 Å². The number of nitrogens with one attached hydrogen (secondary N) is 1. The molecule has 0 radical (unpaired) electrons. The second kappa shape index (κ2) is 6.57. The van der Waals surface area contributed by atoms with Crippen LogP contribution in [0, 0.1) is 5.92 Å². The van der Waals surface area contributed by atoms with Crippen molar-refractivity contribution in [1.82, 2.24) is 15.1 Å². The lowest BCUT2D eigenvalue weighted by atomic mass is 9.98. The zero-order valence-electron chi connectivity index (χ0n) is 14.2. The Labute approximate surface area is 141 Å². The summed E-state index contributed by atoms with van der Waals surface area (Å²) in [5.74, 6) is 0.718. The Balaban J connectivity index is 1.60. The quantitative estimate of drug-likeness (QED) is 0.788. The highest BCUT2D eigenvalue weighted by atomic mass is 16.3. The van der Waals surface area contributed by atoms with Gasteiger partial charge in [0.05, 0.1) is 18.9 Å².